The van der Waals surface area contributed by atoms with Crippen LogP contribution in [0.15, 0.2) is 36.4 Å². The van der Waals surface area contributed by atoms with Crippen molar-refractivity contribution in [3.63, 3.8) is 0 Å². The molecule has 0 fully saturated rings. The molecule has 5 nitrogen and oxygen atoms in total. The number of ether oxygens (including phenoxy) is 2. The van der Waals surface area contributed by atoms with Crippen LogP contribution in [0.5, 0.6) is 5.75 Å². The van der Waals surface area contributed by atoms with E-state index in [0.717, 1.165) is 5.56 Å². The van der Waals surface area contributed by atoms with E-state index in [1.54, 1.807) is 24.3 Å². The Morgan fingerprint density at radius 2 is 1.96 bits per heavy atom. The SMILES string of the molecule is COC(=O)N(O)c1cccc(Cl)c1COc1ccc(C)cc1Cl. The fourth-order valence-corrected chi connectivity index (χ4v) is 2.46. The summed E-state index contributed by atoms with van der Waals surface area (Å²) in [7, 11) is 1.17. The van der Waals surface area contributed by atoms with Gasteiger partial charge >= 0.3 is 6.09 Å². The summed E-state index contributed by atoms with van der Waals surface area (Å²) in [5, 5.41) is 11.1. The summed E-state index contributed by atoms with van der Waals surface area (Å²) in [5.74, 6) is 0.477. The third-order valence-corrected chi connectivity index (χ3v) is 3.78. The van der Waals surface area contributed by atoms with Gasteiger partial charge in [-0.25, -0.2) is 4.79 Å². The Bertz CT molecular complexity index is 721. The second kappa shape index (κ2) is 7.55. The molecule has 0 unspecified atom stereocenters. The van der Waals surface area contributed by atoms with Gasteiger partial charge in [-0.15, -0.1) is 0 Å². The molecule has 0 atom stereocenters. The van der Waals surface area contributed by atoms with Gasteiger partial charge in [0.15, 0.2) is 0 Å². The number of carbonyl (C=O) groups excluding carboxylic acids is 1. The van der Waals surface area contributed by atoms with Crippen molar-refractivity contribution in [3.8, 4) is 5.75 Å². The summed E-state index contributed by atoms with van der Waals surface area (Å²) >= 11 is 12.3. The van der Waals surface area contributed by atoms with E-state index in [0.29, 0.717) is 26.4 Å². The van der Waals surface area contributed by atoms with E-state index in [9.17, 15) is 10.0 Å². The quantitative estimate of drug-likeness (QED) is 0.629. The third kappa shape index (κ3) is 4.07. The molecule has 0 spiro atoms. The highest BCUT2D eigenvalue weighted by atomic mass is 35.5. The van der Waals surface area contributed by atoms with Crippen molar-refractivity contribution in [2.75, 3.05) is 12.2 Å². The van der Waals surface area contributed by atoms with Gasteiger partial charge < -0.3 is 9.47 Å². The first kappa shape index (κ1) is 17.4. The molecular weight excluding hydrogens is 341 g/mol. The number of hydroxylamine groups is 1. The Labute approximate surface area is 143 Å². The van der Waals surface area contributed by atoms with Gasteiger partial charge in [-0.1, -0.05) is 35.3 Å². The van der Waals surface area contributed by atoms with Crippen molar-refractivity contribution < 1.29 is 19.5 Å². The van der Waals surface area contributed by atoms with Crippen molar-refractivity contribution in [3.05, 3.63) is 57.6 Å². The topological polar surface area (TPSA) is 59.0 Å². The lowest BCUT2D eigenvalue weighted by Gasteiger charge is -2.18. The van der Waals surface area contributed by atoms with Crippen LogP contribution in [0.1, 0.15) is 11.1 Å². The van der Waals surface area contributed by atoms with Crippen LogP contribution in [0.25, 0.3) is 0 Å². The largest absolute Gasteiger partial charge is 0.487 e. The van der Waals surface area contributed by atoms with E-state index in [-0.39, 0.29) is 12.3 Å². The Morgan fingerprint density at radius 1 is 1.22 bits per heavy atom. The average molecular weight is 356 g/mol. The summed E-state index contributed by atoms with van der Waals surface area (Å²) in [5.41, 5.74) is 1.61. The first-order chi connectivity index (χ1) is 10.9. The van der Waals surface area contributed by atoms with Crippen molar-refractivity contribution in [1.82, 2.24) is 0 Å². The molecule has 23 heavy (non-hydrogen) atoms. The maximum atomic E-state index is 11.5. The summed E-state index contributed by atoms with van der Waals surface area (Å²) in [6, 6.07) is 10.1. The third-order valence-electron chi connectivity index (χ3n) is 3.13. The van der Waals surface area contributed by atoms with Gasteiger partial charge in [-0.2, -0.15) is 5.06 Å². The van der Waals surface area contributed by atoms with E-state index in [1.807, 2.05) is 13.0 Å². The Hall–Kier alpha value is -1.95. The maximum absolute atomic E-state index is 11.5. The van der Waals surface area contributed by atoms with Crippen LogP contribution in [0.3, 0.4) is 0 Å². The monoisotopic (exact) mass is 355 g/mol. The van der Waals surface area contributed by atoms with Gasteiger partial charge in [-0.3, -0.25) is 5.21 Å². The number of hydrogen-bond acceptors (Lipinski definition) is 4. The molecule has 0 saturated carbocycles. The number of hydrogen-bond donors (Lipinski definition) is 1. The lowest BCUT2D eigenvalue weighted by atomic mass is 10.2. The standard InChI is InChI=1S/C16H15Cl2NO4/c1-10-6-7-15(13(18)8-10)23-9-11-12(17)4-3-5-14(11)19(21)16(20)22-2/h3-8,21H,9H2,1-2H3. The van der Waals surface area contributed by atoms with Crippen LogP contribution in [0, 0.1) is 6.92 Å². The van der Waals surface area contributed by atoms with Crippen LogP contribution in [0.2, 0.25) is 10.0 Å². The second-order valence-corrected chi connectivity index (χ2v) is 5.56. The molecule has 1 N–H and O–H groups in total. The summed E-state index contributed by atoms with van der Waals surface area (Å²) in [4.78, 5) is 11.5. The Balaban J connectivity index is 2.27. The van der Waals surface area contributed by atoms with Gasteiger partial charge in [0, 0.05) is 10.6 Å². The summed E-state index contributed by atoms with van der Waals surface area (Å²) in [6.07, 6.45) is -0.929. The Morgan fingerprint density at radius 3 is 2.61 bits per heavy atom. The first-order valence-corrected chi connectivity index (χ1v) is 7.43. The molecule has 1 amide bonds. The number of aryl methyl sites for hydroxylation is 1. The minimum Gasteiger partial charge on any atom is -0.487 e. The molecule has 0 aliphatic carbocycles. The fraction of sp³-hybridized carbons (Fsp3) is 0.188. The number of anilines is 1. The molecule has 0 aromatic heterocycles. The lowest BCUT2D eigenvalue weighted by Crippen LogP contribution is -2.28. The van der Waals surface area contributed by atoms with Crippen molar-refractivity contribution >= 4 is 35.0 Å². The van der Waals surface area contributed by atoms with Crippen LogP contribution in [0.4, 0.5) is 10.5 Å². The molecule has 2 aromatic carbocycles. The van der Waals surface area contributed by atoms with E-state index in [4.69, 9.17) is 27.9 Å². The highest BCUT2D eigenvalue weighted by molar-refractivity contribution is 6.32. The van der Waals surface area contributed by atoms with Crippen LogP contribution in [-0.2, 0) is 11.3 Å². The molecule has 2 rings (SSSR count). The molecule has 7 heteroatoms. The van der Waals surface area contributed by atoms with E-state index in [2.05, 4.69) is 4.74 Å². The predicted molar refractivity (Wildman–Crippen MR) is 88.6 cm³/mol. The van der Waals surface area contributed by atoms with E-state index >= 15 is 0 Å². The molecule has 0 radical (unpaired) electrons. The minimum absolute atomic E-state index is 0.0197. The first-order valence-electron chi connectivity index (χ1n) is 6.67. The number of methoxy groups -OCH3 is 1. The summed E-state index contributed by atoms with van der Waals surface area (Å²) < 4.78 is 10.1. The van der Waals surface area contributed by atoms with Gasteiger partial charge in [-0.05, 0) is 36.8 Å². The zero-order chi connectivity index (χ0) is 17.0. The number of amides is 1. The zero-order valence-electron chi connectivity index (χ0n) is 12.5. The maximum Gasteiger partial charge on any atom is 0.438 e. The number of rotatable bonds is 4. The molecule has 0 aliphatic rings. The molecular formula is C16H15Cl2NO4. The molecule has 2 aromatic rings. The van der Waals surface area contributed by atoms with Gasteiger partial charge in [0.2, 0.25) is 0 Å². The molecule has 0 bridgehead atoms. The highest BCUT2D eigenvalue weighted by Crippen LogP contribution is 2.31. The zero-order valence-corrected chi connectivity index (χ0v) is 14.1. The van der Waals surface area contributed by atoms with E-state index < -0.39 is 6.09 Å². The van der Waals surface area contributed by atoms with Gasteiger partial charge in [0.1, 0.15) is 12.4 Å². The fourth-order valence-electron chi connectivity index (χ4n) is 1.95. The van der Waals surface area contributed by atoms with Crippen LogP contribution in [-0.4, -0.2) is 18.4 Å². The smallest absolute Gasteiger partial charge is 0.438 e. The van der Waals surface area contributed by atoms with Gasteiger partial charge in [0.05, 0.1) is 17.8 Å². The highest BCUT2D eigenvalue weighted by Gasteiger charge is 2.19. The number of carbonyl (C=O) groups is 1. The average Bonchev–Trinajstić information content (AvgIpc) is 2.53. The number of halogens is 2. The van der Waals surface area contributed by atoms with Crippen molar-refractivity contribution in [1.29, 1.82) is 0 Å². The van der Waals surface area contributed by atoms with Crippen molar-refractivity contribution in [2.45, 2.75) is 13.5 Å². The van der Waals surface area contributed by atoms with Gasteiger partial charge in [0.25, 0.3) is 0 Å². The number of nitrogens with zero attached hydrogens (tertiary/aromatic N) is 1. The number of benzene rings is 2. The lowest BCUT2D eigenvalue weighted by molar-refractivity contribution is 0.140. The molecule has 122 valence electrons. The second-order valence-electron chi connectivity index (χ2n) is 4.74. The van der Waals surface area contributed by atoms with Crippen LogP contribution >= 0.6 is 23.2 Å². The molecule has 0 saturated heterocycles. The normalized spacial score (nSPS) is 10.3. The minimum atomic E-state index is -0.929. The Kier molecular flexibility index (Phi) is 5.71. The summed E-state index contributed by atoms with van der Waals surface area (Å²) in [6.45, 7) is 1.94. The molecule has 0 heterocycles. The predicted octanol–water partition coefficient (Wildman–Crippen LogP) is 4.84. The molecule has 0 aliphatic heterocycles. The van der Waals surface area contributed by atoms with Crippen LogP contribution < -0.4 is 9.80 Å². The van der Waals surface area contributed by atoms with E-state index in [1.165, 1.54) is 13.2 Å². The van der Waals surface area contributed by atoms with Crippen molar-refractivity contribution in [2.24, 2.45) is 0 Å².